The number of ether oxygens (including phenoxy) is 1. The van der Waals surface area contributed by atoms with Gasteiger partial charge in [-0.3, -0.25) is 9.98 Å². The van der Waals surface area contributed by atoms with Crippen LogP contribution < -0.4 is 4.74 Å². The highest BCUT2D eigenvalue weighted by Crippen LogP contribution is 2.19. The zero-order valence-corrected chi connectivity index (χ0v) is 9.00. The van der Waals surface area contributed by atoms with Crippen molar-refractivity contribution in [2.24, 2.45) is 4.99 Å². The van der Waals surface area contributed by atoms with Crippen LogP contribution in [-0.2, 0) is 0 Å². The molecule has 0 aliphatic carbocycles. The quantitative estimate of drug-likeness (QED) is 0.733. The second-order valence-corrected chi connectivity index (χ2v) is 3.25. The number of methoxy groups -OCH3 is 1. The minimum absolute atomic E-state index is 0.806. The lowest BCUT2D eigenvalue weighted by molar-refractivity contribution is 0.415. The molecular weight excluding hydrogens is 200 g/mol. The number of benzene rings is 1. The fourth-order valence-corrected chi connectivity index (χ4v) is 1.29. The molecule has 1 aromatic carbocycles. The number of pyridine rings is 1. The zero-order valence-electron chi connectivity index (χ0n) is 9.00. The summed E-state index contributed by atoms with van der Waals surface area (Å²) in [5.74, 6) is 0.806. The van der Waals surface area contributed by atoms with E-state index >= 15 is 0 Å². The molecule has 0 N–H and O–H groups in total. The van der Waals surface area contributed by atoms with Crippen LogP contribution in [0.25, 0.3) is 0 Å². The van der Waals surface area contributed by atoms with E-state index in [1.54, 1.807) is 25.7 Å². The summed E-state index contributed by atoms with van der Waals surface area (Å²) >= 11 is 0. The molecule has 3 nitrogen and oxygen atoms in total. The smallest absolute Gasteiger partial charge is 0.121 e. The largest absolute Gasteiger partial charge is 0.497 e. The van der Waals surface area contributed by atoms with E-state index in [9.17, 15) is 0 Å². The Balaban J connectivity index is 2.17. The van der Waals surface area contributed by atoms with Gasteiger partial charge in [-0.25, -0.2) is 0 Å². The molecular formula is C13H12N2O. The van der Waals surface area contributed by atoms with Crippen molar-refractivity contribution in [3.63, 3.8) is 0 Å². The first-order chi connectivity index (χ1) is 7.88. The SMILES string of the molecule is COc1cccc(N=Cc2cccnc2)c1. The number of rotatable bonds is 3. The third-order valence-corrected chi connectivity index (χ3v) is 2.10. The molecule has 0 bridgehead atoms. The van der Waals surface area contributed by atoms with Crippen molar-refractivity contribution in [3.05, 3.63) is 54.4 Å². The number of nitrogens with zero attached hydrogens (tertiary/aromatic N) is 2. The summed E-state index contributed by atoms with van der Waals surface area (Å²) in [7, 11) is 1.64. The highest BCUT2D eigenvalue weighted by molar-refractivity contribution is 5.81. The van der Waals surface area contributed by atoms with Crippen LogP contribution in [0.4, 0.5) is 5.69 Å². The van der Waals surface area contributed by atoms with Gasteiger partial charge in [0.25, 0.3) is 0 Å². The molecule has 0 spiro atoms. The van der Waals surface area contributed by atoms with Gasteiger partial charge < -0.3 is 4.74 Å². The summed E-state index contributed by atoms with van der Waals surface area (Å²) in [5, 5.41) is 0. The maximum absolute atomic E-state index is 5.12. The van der Waals surface area contributed by atoms with Crippen molar-refractivity contribution in [3.8, 4) is 5.75 Å². The molecule has 1 aromatic heterocycles. The van der Waals surface area contributed by atoms with Gasteiger partial charge in [0, 0.05) is 30.2 Å². The summed E-state index contributed by atoms with van der Waals surface area (Å²) in [6.45, 7) is 0. The zero-order chi connectivity index (χ0) is 11.2. The third kappa shape index (κ3) is 2.67. The van der Waals surface area contributed by atoms with Gasteiger partial charge in [-0.1, -0.05) is 12.1 Å². The summed E-state index contributed by atoms with van der Waals surface area (Å²) in [4.78, 5) is 8.35. The first kappa shape index (κ1) is 10.4. The number of aliphatic imine (C=N–C) groups is 1. The normalized spacial score (nSPS) is 10.6. The number of aromatic nitrogens is 1. The maximum atomic E-state index is 5.12. The molecule has 0 radical (unpaired) electrons. The molecule has 0 saturated carbocycles. The van der Waals surface area contributed by atoms with Crippen molar-refractivity contribution in [2.75, 3.05) is 7.11 Å². The van der Waals surface area contributed by atoms with Gasteiger partial charge in [-0.05, 0) is 18.2 Å². The van der Waals surface area contributed by atoms with Gasteiger partial charge in [-0.15, -0.1) is 0 Å². The van der Waals surface area contributed by atoms with Crippen LogP contribution >= 0.6 is 0 Å². The van der Waals surface area contributed by atoms with Crippen LogP contribution in [0.3, 0.4) is 0 Å². The van der Waals surface area contributed by atoms with Crippen molar-refractivity contribution < 1.29 is 4.74 Å². The predicted octanol–water partition coefficient (Wildman–Crippen LogP) is 2.84. The standard InChI is InChI=1S/C13H12N2O/c1-16-13-6-2-5-12(8-13)15-10-11-4-3-7-14-9-11/h2-10H,1H3. The monoisotopic (exact) mass is 212 g/mol. The van der Waals surface area contributed by atoms with E-state index < -0.39 is 0 Å². The Hall–Kier alpha value is -2.16. The van der Waals surface area contributed by atoms with Crippen molar-refractivity contribution in [1.29, 1.82) is 0 Å². The lowest BCUT2D eigenvalue weighted by Gasteiger charge is -1.99. The molecule has 2 rings (SSSR count). The van der Waals surface area contributed by atoms with E-state index in [2.05, 4.69) is 9.98 Å². The molecule has 3 heteroatoms. The molecule has 0 amide bonds. The summed E-state index contributed by atoms with van der Waals surface area (Å²) in [5.41, 5.74) is 1.84. The highest BCUT2D eigenvalue weighted by atomic mass is 16.5. The lowest BCUT2D eigenvalue weighted by Crippen LogP contribution is -1.82. The van der Waals surface area contributed by atoms with Gasteiger partial charge >= 0.3 is 0 Å². The Morgan fingerprint density at radius 2 is 2.19 bits per heavy atom. The van der Waals surface area contributed by atoms with Gasteiger partial charge in [-0.2, -0.15) is 0 Å². The minimum Gasteiger partial charge on any atom is -0.497 e. The lowest BCUT2D eigenvalue weighted by atomic mass is 10.3. The molecule has 80 valence electrons. The molecule has 0 aliphatic heterocycles. The van der Waals surface area contributed by atoms with E-state index in [0.717, 1.165) is 17.0 Å². The molecule has 0 fully saturated rings. The van der Waals surface area contributed by atoms with Crippen molar-refractivity contribution in [2.45, 2.75) is 0 Å². The van der Waals surface area contributed by atoms with Crippen LogP contribution in [0.5, 0.6) is 5.75 Å². The molecule has 0 unspecified atom stereocenters. The Morgan fingerprint density at radius 1 is 1.25 bits per heavy atom. The van der Waals surface area contributed by atoms with Gasteiger partial charge in [0.05, 0.1) is 12.8 Å². The summed E-state index contributed by atoms with van der Waals surface area (Å²) in [6, 6.07) is 11.4. The molecule has 16 heavy (non-hydrogen) atoms. The van der Waals surface area contributed by atoms with Gasteiger partial charge in [0.2, 0.25) is 0 Å². The molecule has 0 saturated heterocycles. The molecule has 0 atom stereocenters. The molecule has 1 heterocycles. The minimum atomic E-state index is 0.806. The Labute approximate surface area is 94.4 Å². The molecule has 0 aliphatic rings. The van der Waals surface area contributed by atoms with Crippen LogP contribution in [0.2, 0.25) is 0 Å². The Morgan fingerprint density at radius 3 is 2.94 bits per heavy atom. The van der Waals surface area contributed by atoms with E-state index in [4.69, 9.17) is 4.74 Å². The van der Waals surface area contributed by atoms with E-state index in [-0.39, 0.29) is 0 Å². The predicted molar refractivity (Wildman–Crippen MR) is 64.5 cm³/mol. The van der Waals surface area contributed by atoms with Gasteiger partial charge in [0.15, 0.2) is 0 Å². The van der Waals surface area contributed by atoms with Crippen LogP contribution in [0.1, 0.15) is 5.56 Å². The van der Waals surface area contributed by atoms with Gasteiger partial charge in [0.1, 0.15) is 5.75 Å². The summed E-state index contributed by atoms with van der Waals surface area (Å²) < 4.78 is 5.12. The Kier molecular flexibility index (Phi) is 3.28. The van der Waals surface area contributed by atoms with E-state index in [1.807, 2.05) is 36.4 Å². The number of hydrogen-bond donors (Lipinski definition) is 0. The van der Waals surface area contributed by atoms with E-state index in [0.29, 0.717) is 0 Å². The number of hydrogen-bond acceptors (Lipinski definition) is 3. The first-order valence-electron chi connectivity index (χ1n) is 4.96. The van der Waals surface area contributed by atoms with Crippen LogP contribution in [-0.4, -0.2) is 18.3 Å². The van der Waals surface area contributed by atoms with Crippen LogP contribution in [0.15, 0.2) is 53.8 Å². The fourth-order valence-electron chi connectivity index (χ4n) is 1.29. The van der Waals surface area contributed by atoms with Crippen molar-refractivity contribution in [1.82, 2.24) is 4.98 Å². The fraction of sp³-hybridized carbons (Fsp3) is 0.0769. The molecule has 2 aromatic rings. The highest BCUT2D eigenvalue weighted by Gasteiger charge is 1.92. The first-order valence-corrected chi connectivity index (χ1v) is 4.96. The van der Waals surface area contributed by atoms with Crippen molar-refractivity contribution >= 4 is 11.9 Å². The Bertz CT molecular complexity index is 480. The second-order valence-electron chi connectivity index (χ2n) is 3.25. The second kappa shape index (κ2) is 5.07. The third-order valence-electron chi connectivity index (χ3n) is 2.10. The van der Waals surface area contributed by atoms with Crippen LogP contribution in [0, 0.1) is 0 Å². The average molecular weight is 212 g/mol. The topological polar surface area (TPSA) is 34.5 Å². The van der Waals surface area contributed by atoms with E-state index in [1.165, 1.54) is 0 Å². The average Bonchev–Trinajstić information content (AvgIpc) is 2.38. The maximum Gasteiger partial charge on any atom is 0.121 e. The summed E-state index contributed by atoms with van der Waals surface area (Å²) in [6.07, 6.45) is 5.29.